The van der Waals surface area contributed by atoms with Gasteiger partial charge in [0.15, 0.2) is 0 Å². The Morgan fingerprint density at radius 3 is 2.43 bits per heavy atom. The number of aromatic nitrogens is 2. The van der Waals surface area contributed by atoms with Gasteiger partial charge < -0.3 is 15.6 Å². The van der Waals surface area contributed by atoms with E-state index in [-0.39, 0.29) is 5.91 Å². The summed E-state index contributed by atoms with van der Waals surface area (Å²) in [6, 6.07) is 10.6. The quantitative estimate of drug-likeness (QED) is 0.668. The molecule has 3 N–H and O–H groups in total. The Morgan fingerprint density at radius 2 is 1.80 bits per heavy atom. The number of H-pyrrole nitrogens is 1. The first-order valence-corrected chi connectivity index (χ1v) is 10.9. The average Bonchev–Trinajstić information content (AvgIpc) is 3.35. The van der Waals surface area contributed by atoms with Crippen molar-refractivity contribution in [1.82, 2.24) is 14.9 Å². The van der Waals surface area contributed by atoms with E-state index in [9.17, 15) is 4.79 Å². The van der Waals surface area contributed by atoms with Gasteiger partial charge in [-0.2, -0.15) is 0 Å². The minimum atomic E-state index is -0.556. The number of carbonyl (C=O) groups excluding carboxylic acids is 1. The number of benzene rings is 1. The van der Waals surface area contributed by atoms with E-state index in [1.54, 1.807) is 0 Å². The summed E-state index contributed by atoms with van der Waals surface area (Å²) in [5.74, 6) is 0.218. The highest BCUT2D eigenvalue weighted by Gasteiger charge is 2.35. The van der Waals surface area contributed by atoms with Crippen LogP contribution in [0.1, 0.15) is 49.2 Å². The van der Waals surface area contributed by atoms with Crippen LogP contribution in [0.15, 0.2) is 30.3 Å². The summed E-state index contributed by atoms with van der Waals surface area (Å²) in [4.78, 5) is 23.3. The molecule has 0 unspecified atom stereocenters. The molecule has 0 atom stereocenters. The molecule has 1 aliphatic heterocycles. The number of nitrogens with zero attached hydrogens (tertiary/aromatic N) is 2. The molecule has 0 saturated carbocycles. The minimum Gasteiger partial charge on any atom is -0.354 e. The first-order valence-electron chi connectivity index (χ1n) is 10.9. The van der Waals surface area contributed by atoms with Crippen LogP contribution in [-0.2, 0) is 16.6 Å². The zero-order chi connectivity index (χ0) is 21.5. The number of carbonyl (C=O) groups is 1. The zero-order valence-corrected chi connectivity index (χ0v) is 18.5. The van der Waals surface area contributed by atoms with Crippen molar-refractivity contribution in [2.45, 2.75) is 52.4 Å². The maximum Gasteiger partial charge on any atom is 0.232 e. The molecule has 2 aromatic heterocycles. The van der Waals surface area contributed by atoms with Gasteiger partial charge in [0.1, 0.15) is 0 Å². The lowest BCUT2D eigenvalue weighted by molar-refractivity contribution is -0.135. The number of amides is 1. The molecular formula is C25H32N4O. The van der Waals surface area contributed by atoms with Crippen LogP contribution in [0, 0.1) is 13.8 Å². The molecule has 0 bridgehead atoms. The van der Waals surface area contributed by atoms with E-state index in [1.807, 2.05) is 32.6 Å². The minimum absolute atomic E-state index is 0.218. The number of fused-ring (bicyclic) bond motifs is 1. The Balaban J connectivity index is 1.82. The van der Waals surface area contributed by atoms with Crippen molar-refractivity contribution in [3.8, 4) is 11.3 Å². The van der Waals surface area contributed by atoms with Crippen molar-refractivity contribution in [3.05, 3.63) is 52.8 Å². The number of rotatable bonds is 5. The normalized spacial score (nSPS) is 14.6. The zero-order valence-electron chi connectivity index (χ0n) is 18.5. The van der Waals surface area contributed by atoms with Crippen molar-refractivity contribution in [3.63, 3.8) is 0 Å². The largest absolute Gasteiger partial charge is 0.354 e. The van der Waals surface area contributed by atoms with Gasteiger partial charge in [-0.15, -0.1) is 0 Å². The van der Waals surface area contributed by atoms with Gasteiger partial charge in [0.25, 0.3) is 0 Å². The van der Waals surface area contributed by atoms with Gasteiger partial charge in [0.2, 0.25) is 5.91 Å². The van der Waals surface area contributed by atoms with Gasteiger partial charge in [-0.05, 0) is 88.9 Å². The lowest BCUT2D eigenvalue weighted by Gasteiger charge is -2.29. The number of likely N-dealkylation sites (tertiary alicyclic amines) is 1. The van der Waals surface area contributed by atoms with Crippen LogP contribution in [0.2, 0.25) is 0 Å². The van der Waals surface area contributed by atoms with Crippen LogP contribution in [0.4, 0.5) is 0 Å². The second-order valence-corrected chi connectivity index (χ2v) is 9.04. The van der Waals surface area contributed by atoms with Crippen molar-refractivity contribution in [2.75, 3.05) is 19.6 Å². The lowest BCUT2D eigenvalue weighted by atomic mass is 9.82. The Kier molecular flexibility index (Phi) is 5.41. The second-order valence-electron chi connectivity index (χ2n) is 9.04. The monoisotopic (exact) mass is 404 g/mol. The molecule has 158 valence electrons. The first kappa shape index (κ1) is 20.6. The molecule has 0 radical (unpaired) electrons. The molecule has 1 amide bonds. The maximum absolute atomic E-state index is 13.2. The molecule has 1 saturated heterocycles. The third kappa shape index (κ3) is 3.63. The lowest BCUT2D eigenvalue weighted by Crippen LogP contribution is -2.41. The summed E-state index contributed by atoms with van der Waals surface area (Å²) >= 11 is 0. The van der Waals surface area contributed by atoms with E-state index in [2.05, 4.69) is 40.3 Å². The molecule has 3 aromatic rings. The predicted molar refractivity (Wildman–Crippen MR) is 123 cm³/mol. The third-order valence-electron chi connectivity index (χ3n) is 6.32. The first-order chi connectivity index (χ1) is 14.3. The van der Waals surface area contributed by atoms with E-state index in [4.69, 9.17) is 5.73 Å². The third-order valence-corrected chi connectivity index (χ3v) is 6.32. The number of aryl methyl sites for hydroxylation is 2. The highest BCUT2D eigenvalue weighted by molar-refractivity contribution is 5.94. The summed E-state index contributed by atoms with van der Waals surface area (Å²) in [6.07, 6.45) is 2.99. The summed E-state index contributed by atoms with van der Waals surface area (Å²) in [6.45, 7) is 10.4. The Labute approximate surface area is 178 Å². The number of nitrogens with two attached hydrogens (primary N) is 1. The number of aromatic amines is 1. The van der Waals surface area contributed by atoms with Gasteiger partial charge >= 0.3 is 0 Å². The van der Waals surface area contributed by atoms with Gasteiger partial charge in [-0.25, -0.2) is 0 Å². The fourth-order valence-electron chi connectivity index (χ4n) is 4.70. The van der Waals surface area contributed by atoms with Crippen LogP contribution in [0.25, 0.3) is 22.2 Å². The van der Waals surface area contributed by atoms with E-state index in [0.717, 1.165) is 71.5 Å². The Morgan fingerprint density at radius 1 is 1.13 bits per heavy atom. The number of nitrogens with one attached hydrogen (secondary N) is 1. The summed E-state index contributed by atoms with van der Waals surface area (Å²) in [5, 5.41) is 1.15. The van der Waals surface area contributed by atoms with E-state index in [0.29, 0.717) is 6.54 Å². The molecule has 5 heteroatoms. The SMILES string of the molecule is Cc1cc(-c2[nH]c3ccc(C(C)(C)C(=O)N4CCCC4)cc3c2CCN)cc(C)n1. The Hall–Kier alpha value is -2.66. The summed E-state index contributed by atoms with van der Waals surface area (Å²) in [7, 11) is 0. The molecule has 3 heterocycles. The van der Waals surface area contributed by atoms with Gasteiger partial charge in [-0.1, -0.05) is 6.07 Å². The molecule has 4 rings (SSSR count). The van der Waals surface area contributed by atoms with Gasteiger partial charge in [0.05, 0.1) is 5.41 Å². The molecule has 5 nitrogen and oxygen atoms in total. The second kappa shape index (κ2) is 7.88. The standard InChI is InChI=1S/C25H32N4O/c1-16-13-18(14-17(2)27-16)23-20(9-10-26)21-15-19(7-8-22(21)28-23)25(3,4)24(30)29-11-5-6-12-29/h7-8,13-15,28H,5-6,9-12,26H2,1-4H3. The molecule has 0 spiro atoms. The van der Waals surface area contributed by atoms with Gasteiger partial charge in [-0.3, -0.25) is 9.78 Å². The van der Waals surface area contributed by atoms with Gasteiger partial charge in [0, 0.05) is 46.6 Å². The predicted octanol–water partition coefficient (Wildman–Crippen LogP) is 4.25. The van der Waals surface area contributed by atoms with Crippen LogP contribution in [0.5, 0.6) is 0 Å². The molecule has 30 heavy (non-hydrogen) atoms. The number of pyridine rings is 1. The number of hydrogen-bond donors (Lipinski definition) is 2. The van der Waals surface area contributed by atoms with Crippen molar-refractivity contribution in [1.29, 1.82) is 0 Å². The molecule has 0 aliphatic carbocycles. The Bertz CT molecular complexity index is 1070. The topological polar surface area (TPSA) is 75.0 Å². The summed E-state index contributed by atoms with van der Waals surface area (Å²) < 4.78 is 0. The van der Waals surface area contributed by atoms with Crippen LogP contribution in [-0.4, -0.2) is 40.4 Å². The molecule has 1 fully saturated rings. The van der Waals surface area contributed by atoms with E-state index in [1.165, 1.54) is 5.56 Å². The fraction of sp³-hybridized carbons (Fsp3) is 0.440. The molecule has 1 aliphatic rings. The highest BCUT2D eigenvalue weighted by Crippen LogP contribution is 2.35. The summed E-state index contributed by atoms with van der Waals surface area (Å²) in [5.41, 5.74) is 13.0. The molecular weight excluding hydrogens is 372 g/mol. The van der Waals surface area contributed by atoms with E-state index >= 15 is 0 Å². The van der Waals surface area contributed by atoms with Crippen molar-refractivity contribution in [2.24, 2.45) is 5.73 Å². The maximum atomic E-state index is 13.2. The highest BCUT2D eigenvalue weighted by atomic mass is 16.2. The van der Waals surface area contributed by atoms with Crippen LogP contribution < -0.4 is 5.73 Å². The smallest absolute Gasteiger partial charge is 0.232 e. The van der Waals surface area contributed by atoms with Crippen LogP contribution >= 0.6 is 0 Å². The molecule has 1 aromatic carbocycles. The van der Waals surface area contributed by atoms with Crippen molar-refractivity contribution < 1.29 is 4.79 Å². The average molecular weight is 405 g/mol. The number of hydrogen-bond acceptors (Lipinski definition) is 3. The van der Waals surface area contributed by atoms with Crippen LogP contribution in [0.3, 0.4) is 0 Å². The van der Waals surface area contributed by atoms with Crippen molar-refractivity contribution >= 4 is 16.8 Å². The fourth-order valence-corrected chi connectivity index (χ4v) is 4.70. The van der Waals surface area contributed by atoms with E-state index < -0.39 is 5.41 Å².